The van der Waals surface area contributed by atoms with E-state index in [1.54, 1.807) is 31.3 Å². The lowest BCUT2D eigenvalue weighted by Crippen LogP contribution is -2.00. The first-order valence-corrected chi connectivity index (χ1v) is 6.51. The number of nitrogens with one attached hydrogen (secondary N) is 1. The first-order chi connectivity index (χ1) is 8.81. The SMILES string of the molecule is CCNc1cncc(Sc2ccc(OC)cc2)n1. The van der Waals surface area contributed by atoms with Crippen LogP contribution in [0, 0.1) is 0 Å². The average molecular weight is 261 g/mol. The molecule has 1 heterocycles. The first-order valence-electron chi connectivity index (χ1n) is 5.69. The number of rotatable bonds is 5. The molecule has 0 radical (unpaired) electrons. The Morgan fingerprint density at radius 3 is 2.67 bits per heavy atom. The molecule has 1 aromatic heterocycles. The van der Waals surface area contributed by atoms with Crippen molar-refractivity contribution in [3.05, 3.63) is 36.7 Å². The van der Waals surface area contributed by atoms with Gasteiger partial charge in [0, 0.05) is 11.4 Å². The third-order valence-electron chi connectivity index (χ3n) is 2.25. The van der Waals surface area contributed by atoms with E-state index in [9.17, 15) is 0 Å². The van der Waals surface area contributed by atoms with Crippen molar-refractivity contribution in [2.45, 2.75) is 16.8 Å². The van der Waals surface area contributed by atoms with E-state index in [0.29, 0.717) is 0 Å². The molecule has 2 aromatic rings. The normalized spacial score (nSPS) is 10.1. The van der Waals surface area contributed by atoms with Crippen LogP contribution in [0.4, 0.5) is 5.82 Å². The summed E-state index contributed by atoms with van der Waals surface area (Å²) in [6.07, 6.45) is 3.48. The van der Waals surface area contributed by atoms with Crippen molar-refractivity contribution in [1.82, 2.24) is 9.97 Å². The molecule has 0 amide bonds. The molecular formula is C13H15N3OS. The monoisotopic (exact) mass is 261 g/mol. The predicted octanol–water partition coefficient (Wildman–Crippen LogP) is 3.07. The van der Waals surface area contributed by atoms with E-state index in [4.69, 9.17) is 4.74 Å². The maximum absolute atomic E-state index is 5.12. The number of nitrogens with zero attached hydrogens (tertiary/aromatic N) is 2. The molecule has 0 aliphatic carbocycles. The van der Waals surface area contributed by atoms with Crippen LogP contribution in [-0.2, 0) is 0 Å². The third-order valence-corrected chi connectivity index (χ3v) is 3.17. The van der Waals surface area contributed by atoms with Gasteiger partial charge in [-0.05, 0) is 31.2 Å². The van der Waals surface area contributed by atoms with Crippen molar-refractivity contribution < 1.29 is 4.74 Å². The van der Waals surface area contributed by atoms with E-state index >= 15 is 0 Å². The molecule has 0 bridgehead atoms. The van der Waals surface area contributed by atoms with Crippen molar-refractivity contribution in [3.8, 4) is 5.75 Å². The summed E-state index contributed by atoms with van der Waals surface area (Å²) in [6.45, 7) is 2.87. The number of hydrogen-bond donors (Lipinski definition) is 1. The lowest BCUT2D eigenvalue weighted by Gasteiger charge is -2.05. The summed E-state index contributed by atoms with van der Waals surface area (Å²) in [7, 11) is 1.66. The maximum Gasteiger partial charge on any atom is 0.145 e. The topological polar surface area (TPSA) is 47.0 Å². The second kappa shape index (κ2) is 6.26. The van der Waals surface area contributed by atoms with Crippen LogP contribution in [0.3, 0.4) is 0 Å². The molecule has 4 nitrogen and oxygen atoms in total. The highest BCUT2D eigenvalue weighted by Gasteiger charge is 2.01. The Morgan fingerprint density at radius 2 is 2.00 bits per heavy atom. The highest BCUT2D eigenvalue weighted by molar-refractivity contribution is 7.99. The Balaban J connectivity index is 2.09. The number of ether oxygens (including phenoxy) is 1. The van der Waals surface area contributed by atoms with E-state index in [-0.39, 0.29) is 0 Å². The van der Waals surface area contributed by atoms with Crippen molar-refractivity contribution >= 4 is 17.6 Å². The van der Waals surface area contributed by atoms with Crippen LogP contribution in [0.2, 0.25) is 0 Å². The fraction of sp³-hybridized carbons (Fsp3) is 0.231. The molecular weight excluding hydrogens is 246 g/mol. The van der Waals surface area contributed by atoms with E-state index in [1.165, 1.54) is 0 Å². The second-order valence-corrected chi connectivity index (χ2v) is 4.64. The van der Waals surface area contributed by atoms with E-state index in [0.717, 1.165) is 28.0 Å². The number of aromatic nitrogens is 2. The number of benzene rings is 1. The van der Waals surface area contributed by atoms with Gasteiger partial charge in [0.25, 0.3) is 0 Å². The zero-order valence-electron chi connectivity index (χ0n) is 10.4. The largest absolute Gasteiger partial charge is 0.497 e. The van der Waals surface area contributed by atoms with Gasteiger partial charge in [0.2, 0.25) is 0 Å². The van der Waals surface area contributed by atoms with Crippen molar-refractivity contribution in [2.75, 3.05) is 19.0 Å². The average Bonchev–Trinajstić information content (AvgIpc) is 2.40. The van der Waals surface area contributed by atoms with E-state index < -0.39 is 0 Å². The van der Waals surface area contributed by atoms with Gasteiger partial charge in [0.1, 0.15) is 16.6 Å². The number of hydrogen-bond acceptors (Lipinski definition) is 5. The van der Waals surface area contributed by atoms with Crippen molar-refractivity contribution in [3.63, 3.8) is 0 Å². The Kier molecular flexibility index (Phi) is 4.41. The first kappa shape index (κ1) is 12.7. The fourth-order valence-electron chi connectivity index (χ4n) is 1.43. The molecule has 0 saturated carbocycles. The van der Waals surface area contributed by atoms with E-state index in [1.807, 2.05) is 31.2 Å². The summed E-state index contributed by atoms with van der Waals surface area (Å²) in [4.78, 5) is 9.73. The van der Waals surface area contributed by atoms with Gasteiger partial charge >= 0.3 is 0 Å². The molecule has 5 heteroatoms. The molecule has 0 spiro atoms. The summed E-state index contributed by atoms with van der Waals surface area (Å²) in [5, 5.41) is 4.02. The lowest BCUT2D eigenvalue weighted by atomic mass is 10.3. The molecule has 18 heavy (non-hydrogen) atoms. The molecule has 94 valence electrons. The van der Waals surface area contributed by atoms with Gasteiger partial charge in [-0.25, -0.2) is 4.98 Å². The highest BCUT2D eigenvalue weighted by atomic mass is 32.2. The number of anilines is 1. The molecule has 0 saturated heterocycles. The predicted molar refractivity (Wildman–Crippen MR) is 73.3 cm³/mol. The maximum atomic E-state index is 5.12. The van der Waals surface area contributed by atoms with Crippen LogP contribution in [0.1, 0.15) is 6.92 Å². The summed E-state index contributed by atoms with van der Waals surface area (Å²) in [6, 6.07) is 7.88. The molecule has 0 fully saturated rings. The summed E-state index contributed by atoms with van der Waals surface area (Å²) in [5.41, 5.74) is 0. The minimum atomic E-state index is 0.802. The standard InChI is InChI=1S/C13H15N3OS/c1-3-15-12-8-14-9-13(16-12)18-11-6-4-10(17-2)5-7-11/h4-9H,3H2,1-2H3,(H,15,16). The third kappa shape index (κ3) is 3.37. The Morgan fingerprint density at radius 1 is 1.22 bits per heavy atom. The molecule has 2 rings (SSSR count). The van der Waals surface area contributed by atoms with Crippen LogP contribution in [-0.4, -0.2) is 23.6 Å². The Labute approximate surface area is 111 Å². The van der Waals surface area contributed by atoms with Gasteiger partial charge in [-0.2, -0.15) is 0 Å². The quantitative estimate of drug-likeness (QED) is 0.896. The molecule has 0 aliphatic heterocycles. The highest BCUT2D eigenvalue weighted by Crippen LogP contribution is 2.27. The van der Waals surface area contributed by atoms with Crippen LogP contribution in [0.25, 0.3) is 0 Å². The number of methoxy groups -OCH3 is 1. The van der Waals surface area contributed by atoms with Gasteiger partial charge in [-0.1, -0.05) is 11.8 Å². The minimum Gasteiger partial charge on any atom is -0.497 e. The van der Waals surface area contributed by atoms with Crippen molar-refractivity contribution in [2.24, 2.45) is 0 Å². The molecule has 0 aliphatic rings. The minimum absolute atomic E-state index is 0.802. The molecule has 0 atom stereocenters. The zero-order valence-corrected chi connectivity index (χ0v) is 11.2. The van der Waals surface area contributed by atoms with Gasteiger partial charge in [0.05, 0.1) is 19.5 Å². The van der Waals surface area contributed by atoms with Crippen LogP contribution < -0.4 is 10.1 Å². The van der Waals surface area contributed by atoms with Crippen LogP contribution in [0.15, 0.2) is 46.6 Å². The smallest absolute Gasteiger partial charge is 0.145 e. The van der Waals surface area contributed by atoms with Gasteiger partial charge < -0.3 is 10.1 Å². The zero-order chi connectivity index (χ0) is 12.8. The summed E-state index contributed by atoms with van der Waals surface area (Å²) >= 11 is 1.58. The van der Waals surface area contributed by atoms with Gasteiger partial charge in [-0.3, -0.25) is 4.98 Å². The lowest BCUT2D eigenvalue weighted by molar-refractivity contribution is 0.414. The fourth-order valence-corrected chi connectivity index (χ4v) is 2.20. The Hall–Kier alpha value is -1.75. The molecule has 1 aromatic carbocycles. The van der Waals surface area contributed by atoms with Gasteiger partial charge in [0.15, 0.2) is 0 Å². The van der Waals surface area contributed by atoms with Crippen LogP contribution >= 0.6 is 11.8 Å². The van der Waals surface area contributed by atoms with Crippen molar-refractivity contribution in [1.29, 1.82) is 0 Å². The molecule has 1 N–H and O–H groups in total. The second-order valence-electron chi connectivity index (χ2n) is 3.55. The summed E-state index contributed by atoms with van der Waals surface area (Å²) < 4.78 is 5.12. The molecule has 0 unspecified atom stereocenters. The Bertz CT molecular complexity index is 502. The van der Waals surface area contributed by atoms with Crippen LogP contribution in [0.5, 0.6) is 5.75 Å². The van der Waals surface area contributed by atoms with Gasteiger partial charge in [-0.15, -0.1) is 0 Å². The van der Waals surface area contributed by atoms with E-state index in [2.05, 4.69) is 15.3 Å². The summed E-state index contributed by atoms with van der Waals surface area (Å²) in [5.74, 6) is 1.66.